The lowest BCUT2D eigenvalue weighted by atomic mass is 10.1. The highest BCUT2D eigenvalue weighted by molar-refractivity contribution is 5.76. The summed E-state index contributed by atoms with van der Waals surface area (Å²) in [6.45, 7) is 4.03. The van der Waals surface area contributed by atoms with Crippen molar-refractivity contribution in [1.82, 2.24) is 10.3 Å². The SMILES string of the molecule is CC[C@@H](NC(=O)CCCc1ccc(OC)cc1)c1cccc(C)n1. The van der Waals surface area contributed by atoms with E-state index in [1.807, 2.05) is 49.4 Å². The maximum absolute atomic E-state index is 12.2. The van der Waals surface area contributed by atoms with E-state index in [2.05, 4.69) is 17.2 Å². The fraction of sp³-hybridized carbons (Fsp3) is 0.400. The first-order chi connectivity index (χ1) is 11.6. The number of pyridine rings is 1. The second-order valence-electron chi connectivity index (χ2n) is 5.93. The van der Waals surface area contributed by atoms with Gasteiger partial charge in [0, 0.05) is 12.1 Å². The Hall–Kier alpha value is -2.36. The topological polar surface area (TPSA) is 51.2 Å². The summed E-state index contributed by atoms with van der Waals surface area (Å²) in [6, 6.07) is 13.9. The minimum Gasteiger partial charge on any atom is -0.497 e. The van der Waals surface area contributed by atoms with Gasteiger partial charge in [-0.15, -0.1) is 0 Å². The van der Waals surface area contributed by atoms with Crippen molar-refractivity contribution in [3.8, 4) is 5.75 Å². The molecule has 1 heterocycles. The number of carbonyl (C=O) groups excluding carboxylic acids is 1. The number of rotatable bonds is 8. The second-order valence-corrected chi connectivity index (χ2v) is 5.93. The van der Waals surface area contributed by atoms with Gasteiger partial charge in [0.2, 0.25) is 5.91 Å². The number of amides is 1. The molecule has 0 unspecified atom stereocenters. The number of aryl methyl sites for hydroxylation is 2. The smallest absolute Gasteiger partial charge is 0.220 e. The van der Waals surface area contributed by atoms with Crippen LogP contribution in [0.25, 0.3) is 0 Å². The molecule has 1 amide bonds. The molecule has 0 bridgehead atoms. The molecule has 4 heteroatoms. The minimum absolute atomic E-state index is 0.0154. The Morgan fingerprint density at radius 3 is 2.58 bits per heavy atom. The zero-order chi connectivity index (χ0) is 17.4. The van der Waals surface area contributed by atoms with Gasteiger partial charge in [-0.1, -0.05) is 25.1 Å². The molecule has 1 aromatic carbocycles. The number of hydrogen-bond donors (Lipinski definition) is 1. The maximum Gasteiger partial charge on any atom is 0.220 e. The molecule has 128 valence electrons. The molecule has 0 fully saturated rings. The summed E-state index contributed by atoms with van der Waals surface area (Å²) in [5, 5.41) is 3.09. The molecule has 1 aromatic heterocycles. The van der Waals surface area contributed by atoms with Crippen molar-refractivity contribution in [2.24, 2.45) is 0 Å². The van der Waals surface area contributed by atoms with Crippen LogP contribution in [0.3, 0.4) is 0 Å². The van der Waals surface area contributed by atoms with Gasteiger partial charge in [0.05, 0.1) is 18.8 Å². The van der Waals surface area contributed by atoms with Crippen LogP contribution in [0.4, 0.5) is 0 Å². The van der Waals surface area contributed by atoms with Gasteiger partial charge in [-0.3, -0.25) is 9.78 Å². The van der Waals surface area contributed by atoms with Crippen molar-refractivity contribution in [2.45, 2.75) is 45.6 Å². The Labute approximate surface area is 144 Å². The summed E-state index contributed by atoms with van der Waals surface area (Å²) >= 11 is 0. The van der Waals surface area contributed by atoms with Crippen LogP contribution in [0.2, 0.25) is 0 Å². The largest absolute Gasteiger partial charge is 0.497 e. The number of methoxy groups -OCH3 is 1. The Kier molecular flexibility index (Phi) is 6.79. The van der Waals surface area contributed by atoms with Crippen LogP contribution in [0.1, 0.15) is 49.2 Å². The van der Waals surface area contributed by atoms with Gasteiger partial charge in [0.1, 0.15) is 5.75 Å². The molecule has 0 radical (unpaired) electrons. The highest BCUT2D eigenvalue weighted by Crippen LogP contribution is 2.16. The molecule has 2 rings (SSSR count). The lowest BCUT2D eigenvalue weighted by molar-refractivity contribution is -0.122. The van der Waals surface area contributed by atoms with Crippen molar-refractivity contribution >= 4 is 5.91 Å². The average molecular weight is 326 g/mol. The van der Waals surface area contributed by atoms with Crippen LogP contribution in [-0.4, -0.2) is 18.0 Å². The maximum atomic E-state index is 12.2. The Morgan fingerprint density at radius 1 is 1.21 bits per heavy atom. The zero-order valence-corrected chi connectivity index (χ0v) is 14.7. The summed E-state index contributed by atoms with van der Waals surface area (Å²) < 4.78 is 5.15. The molecular weight excluding hydrogens is 300 g/mol. The predicted molar refractivity (Wildman–Crippen MR) is 96.1 cm³/mol. The van der Waals surface area contributed by atoms with E-state index < -0.39 is 0 Å². The number of ether oxygens (including phenoxy) is 1. The number of nitrogens with one attached hydrogen (secondary N) is 1. The number of aromatic nitrogens is 1. The fourth-order valence-electron chi connectivity index (χ4n) is 2.66. The average Bonchev–Trinajstić information content (AvgIpc) is 2.60. The summed E-state index contributed by atoms with van der Waals surface area (Å²) in [4.78, 5) is 16.7. The first kappa shape index (κ1) is 18.0. The standard InChI is InChI=1S/C20H26N2O2/c1-4-18(19-9-5-7-15(2)21-19)22-20(23)10-6-8-16-11-13-17(24-3)14-12-16/h5,7,9,11-14,18H,4,6,8,10H2,1-3H3,(H,22,23)/t18-/m1/s1. The van der Waals surface area contributed by atoms with Crippen LogP contribution < -0.4 is 10.1 Å². The van der Waals surface area contributed by atoms with Crippen LogP contribution in [0.5, 0.6) is 5.75 Å². The minimum atomic E-state index is -0.0154. The van der Waals surface area contributed by atoms with E-state index in [1.165, 1.54) is 5.56 Å². The van der Waals surface area contributed by atoms with Crippen LogP contribution in [-0.2, 0) is 11.2 Å². The molecule has 0 saturated heterocycles. The van der Waals surface area contributed by atoms with Gasteiger partial charge in [-0.2, -0.15) is 0 Å². The Morgan fingerprint density at radius 2 is 1.96 bits per heavy atom. The summed E-state index contributed by atoms with van der Waals surface area (Å²) in [5.41, 5.74) is 3.12. The monoisotopic (exact) mass is 326 g/mol. The van der Waals surface area contributed by atoms with E-state index in [-0.39, 0.29) is 11.9 Å². The highest BCUT2D eigenvalue weighted by atomic mass is 16.5. The Bertz CT molecular complexity index is 653. The first-order valence-corrected chi connectivity index (χ1v) is 8.48. The third kappa shape index (κ3) is 5.37. The van der Waals surface area contributed by atoms with Gasteiger partial charge in [-0.05, 0) is 56.0 Å². The van der Waals surface area contributed by atoms with Crippen LogP contribution in [0.15, 0.2) is 42.5 Å². The molecule has 0 aliphatic heterocycles. The molecule has 0 spiro atoms. The molecule has 0 saturated carbocycles. The van der Waals surface area contributed by atoms with Crippen molar-refractivity contribution in [2.75, 3.05) is 7.11 Å². The third-order valence-electron chi connectivity index (χ3n) is 4.04. The second kappa shape index (κ2) is 9.06. The molecule has 24 heavy (non-hydrogen) atoms. The summed E-state index contributed by atoms with van der Waals surface area (Å²) in [5.74, 6) is 0.937. The molecule has 1 N–H and O–H groups in total. The van der Waals surface area contributed by atoms with Crippen LogP contribution >= 0.6 is 0 Å². The fourth-order valence-corrected chi connectivity index (χ4v) is 2.66. The number of carbonyl (C=O) groups is 1. The lowest BCUT2D eigenvalue weighted by Crippen LogP contribution is -2.28. The predicted octanol–water partition coefficient (Wildman–Crippen LogP) is 3.99. The normalized spacial score (nSPS) is 11.8. The van der Waals surface area contributed by atoms with Crippen molar-refractivity contribution < 1.29 is 9.53 Å². The molecule has 0 aliphatic carbocycles. The van der Waals surface area contributed by atoms with E-state index in [0.29, 0.717) is 6.42 Å². The van der Waals surface area contributed by atoms with Gasteiger partial charge in [0.15, 0.2) is 0 Å². The molecule has 0 aliphatic rings. The van der Waals surface area contributed by atoms with Gasteiger partial charge in [-0.25, -0.2) is 0 Å². The molecule has 4 nitrogen and oxygen atoms in total. The third-order valence-corrected chi connectivity index (χ3v) is 4.04. The summed E-state index contributed by atoms with van der Waals surface area (Å²) in [6.07, 6.45) is 3.07. The van der Waals surface area contributed by atoms with Crippen LogP contribution in [0, 0.1) is 6.92 Å². The Balaban J connectivity index is 1.81. The number of nitrogens with zero attached hydrogens (tertiary/aromatic N) is 1. The molecule has 1 atom stereocenters. The van der Waals surface area contributed by atoms with Gasteiger partial charge >= 0.3 is 0 Å². The number of hydrogen-bond acceptors (Lipinski definition) is 3. The first-order valence-electron chi connectivity index (χ1n) is 8.48. The van der Waals surface area contributed by atoms with E-state index in [1.54, 1.807) is 7.11 Å². The quantitative estimate of drug-likeness (QED) is 0.798. The highest BCUT2D eigenvalue weighted by Gasteiger charge is 2.13. The lowest BCUT2D eigenvalue weighted by Gasteiger charge is -2.17. The van der Waals surface area contributed by atoms with Crippen molar-refractivity contribution in [3.63, 3.8) is 0 Å². The van der Waals surface area contributed by atoms with E-state index in [4.69, 9.17) is 4.74 Å². The number of benzene rings is 1. The summed E-state index contributed by atoms with van der Waals surface area (Å²) in [7, 11) is 1.66. The van der Waals surface area contributed by atoms with E-state index in [9.17, 15) is 4.79 Å². The van der Waals surface area contributed by atoms with Crippen molar-refractivity contribution in [3.05, 3.63) is 59.4 Å². The van der Waals surface area contributed by atoms with E-state index in [0.717, 1.165) is 36.4 Å². The molecular formula is C20H26N2O2. The van der Waals surface area contributed by atoms with Crippen molar-refractivity contribution in [1.29, 1.82) is 0 Å². The zero-order valence-electron chi connectivity index (χ0n) is 14.7. The van der Waals surface area contributed by atoms with E-state index >= 15 is 0 Å². The van der Waals surface area contributed by atoms with Gasteiger partial charge < -0.3 is 10.1 Å². The van der Waals surface area contributed by atoms with Gasteiger partial charge in [0.25, 0.3) is 0 Å². The molecule has 2 aromatic rings.